The molecule has 1 N–H and O–H groups in total. The van der Waals surface area contributed by atoms with Crippen LogP contribution < -0.4 is 5.32 Å². The Morgan fingerprint density at radius 1 is 0.564 bits per heavy atom. The van der Waals surface area contributed by atoms with E-state index in [0.29, 0.717) is 0 Å². The summed E-state index contributed by atoms with van der Waals surface area (Å²) in [5, 5.41) is 3.87. The first-order chi connectivity index (χ1) is 18.8. The van der Waals surface area contributed by atoms with Crippen LogP contribution in [0.25, 0.3) is 0 Å². The van der Waals surface area contributed by atoms with E-state index >= 15 is 0 Å². The lowest BCUT2D eigenvalue weighted by molar-refractivity contribution is 0.377. The lowest BCUT2D eigenvalue weighted by atomic mass is 9.62. The van der Waals surface area contributed by atoms with Crippen LogP contribution in [0.15, 0.2) is 133 Å². The summed E-state index contributed by atoms with van der Waals surface area (Å²) in [5.41, 5.74) is 9.70. The summed E-state index contributed by atoms with van der Waals surface area (Å²) in [6, 6.07) is 49.3. The van der Waals surface area contributed by atoms with Crippen molar-refractivity contribution in [1.29, 1.82) is 0 Å². The zero-order chi connectivity index (χ0) is 27.1. The zero-order valence-corrected chi connectivity index (χ0v) is 23.4. The number of anilines is 1. The van der Waals surface area contributed by atoms with E-state index in [1.807, 2.05) is 0 Å². The third-order valence-electron chi connectivity index (χ3n) is 8.62. The Bertz CT molecular complexity index is 1470. The minimum absolute atomic E-state index is 0.0243. The van der Waals surface area contributed by atoms with Crippen LogP contribution >= 0.6 is 0 Å². The van der Waals surface area contributed by atoms with Gasteiger partial charge in [0.15, 0.2) is 0 Å². The molecule has 1 aliphatic heterocycles. The number of nitrogens with one attached hydrogen (secondary N) is 1. The molecule has 1 heteroatoms. The number of aryl methyl sites for hydroxylation is 1. The van der Waals surface area contributed by atoms with Crippen molar-refractivity contribution in [3.63, 3.8) is 0 Å². The Morgan fingerprint density at radius 3 is 1.54 bits per heavy atom. The van der Waals surface area contributed by atoms with Gasteiger partial charge in [0.2, 0.25) is 0 Å². The van der Waals surface area contributed by atoms with Crippen LogP contribution in [-0.4, -0.2) is 5.54 Å². The van der Waals surface area contributed by atoms with E-state index in [4.69, 9.17) is 0 Å². The maximum Gasteiger partial charge on any atom is 0.0701 e. The molecule has 0 fully saturated rings. The number of hydrogen-bond acceptors (Lipinski definition) is 1. The smallest absolute Gasteiger partial charge is 0.0701 e. The first-order valence-electron chi connectivity index (χ1n) is 14.0. The molecule has 0 radical (unpaired) electrons. The SMILES string of the molecule is Cc1ccc([C@@]2(C)CC(C)(C)Nc3ccc(C(c4ccccc4)(c4ccccc4)c4ccccc4)cc32)cc1. The molecule has 1 aliphatic rings. The topological polar surface area (TPSA) is 12.0 Å². The molecule has 0 saturated heterocycles. The number of hydrogen-bond donors (Lipinski definition) is 1. The van der Waals surface area contributed by atoms with Gasteiger partial charge < -0.3 is 5.32 Å². The van der Waals surface area contributed by atoms with Gasteiger partial charge in [-0.3, -0.25) is 0 Å². The molecular weight excluding hydrogens is 470 g/mol. The molecule has 0 unspecified atom stereocenters. The van der Waals surface area contributed by atoms with Gasteiger partial charge in [-0.1, -0.05) is 140 Å². The maximum atomic E-state index is 3.87. The zero-order valence-electron chi connectivity index (χ0n) is 23.4. The van der Waals surface area contributed by atoms with E-state index < -0.39 is 5.41 Å². The van der Waals surface area contributed by atoms with Crippen molar-refractivity contribution in [2.45, 2.75) is 50.5 Å². The molecular formula is C38H37N. The summed E-state index contributed by atoms with van der Waals surface area (Å²) in [4.78, 5) is 0. The predicted molar refractivity (Wildman–Crippen MR) is 165 cm³/mol. The second kappa shape index (κ2) is 9.58. The van der Waals surface area contributed by atoms with E-state index in [2.05, 4.69) is 166 Å². The number of fused-ring (bicyclic) bond motifs is 1. The van der Waals surface area contributed by atoms with Gasteiger partial charge >= 0.3 is 0 Å². The van der Waals surface area contributed by atoms with Gasteiger partial charge in [-0.05, 0) is 66.6 Å². The molecule has 0 aromatic heterocycles. The highest BCUT2D eigenvalue weighted by atomic mass is 15.0. The van der Waals surface area contributed by atoms with Crippen molar-refractivity contribution >= 4 is 5.69 Å². The summed E-state index contributed by atoms with van der Waals surface area (Å²) in [5.74, 6) is 0. The van der Waals surface area contributed by atoms with E-state index in [0.717, 1.165) is 6.42 Å². The lowest BCUT2D eigenvalue weighted by Crippen LogP contribution is -2.45. The minimum atomic E-state index is -0.458. The maximum absolute atomic E-state index is 3.87. The van der Waals surface area contributed by atoms with Crippen LogP contribution in [0.3, 0.4) is 0 Å². The highest BCUT2D eigenvalue weighted by Crippen LogP contribution is 2.51. The number of rotatable bonds is 5. The average molecular weight is 508 g/mol. The van der Waals surface area contributed by atoms with E-state index in [1.54, 1.807) is 0 Å². The van der Waals surface area contributed by atoms with Gasteiger partial charge in [-0.25, -0.2) is 0 Å². The van der Waals surface area contributed by atoms with Crippen molar-refractivity contribution in [3.8, 4) is 0 Å². The third kappa shape index (κ3) is 4.27. The standard InChI is InChI=1S/C38H37N/c1-28-20-22-29(23-21-28)37(4)27-36(2,3)39-35-25-24-33(26-34(35)37)38(30-14-8-5-9-15-30,31-16-10-6-11-17-31)32-18-12-7-13-19-32/h5-26,39H,27H2,1-4H3/t37-/m1/s1. The van der Waals surface area contributed by atoms with Crippen LogP contribution in [-0.2, 0) is 10.8 Å². The Kier molecular flexibility index (Phi) is 6.19. The van der Waals surface area contributed by atoms with Crippen molar-refractivity contribution in [1.82, 2.24) is 0 Å². The fourth-order valence-electron chi connectivity index (χ4n) is 6.97. The molecule has 0 saturated carbocycles. The Morgan fingerprint density at radius 2 is 1.05 bits per heavy atom. The summed E-state index contributed by atoms with van der Waals surface area (Å²) in [7, 11) is 0. The molecule has 5 aromatic carbocycles. The minimum Gasteiger partial charge on any atom is -0.380 e. The number of benzene rings is 5. The van der Waals surface area contributed by atoms with Gasteiger partial charge in [0, 0.05) is 16.6 Å². The molecule has 0 bridgehead atoms. The van der Waals surface area contributed by atoms with Gasteiger partial charge in [0.25, 0.3) is 0 Å². The van der Waals surface area contributed by atoms with Crippen LogP contribution in [0.5, 0.6) is 0 Å². The predicted octanol–water partition coefficient (Wildman–Crippen LogP) is 9.28. The van der Waals surface area contributed by atoms with Crippen molar-refractivity contribution in [2.75, 3.05) is 5.32 Å². The van der Waals surface area contributed by atoms with Crippen molar-refractivity contribution < 1.29 is 0 Å². The lowest BCUT2D eigenvalue weighted by Gasteiger charge is -2.47. The fraction of sp³-hybridized carbons (Fsp3) is 0.211. The van der Waals surface area contributed by atoms with E-state index in [1.165, 1.54) is 44.6 Å². The van der Waals surface area contributed by atoms with Crippen molar-refractivity contribution in [3.05, 3.63) is 172 Å². The van der Waals surface area contributed by atoms with Crippen LogP contribution in [0.2, 0.25) is 0 Å². The fourth-order valence-corrected chi connectivity index (χ4v) is 6.97. The molecule has 0 aliphatic carbocycles. The Labute approximate surface area is 233 Å². The van der Waals surface area contributed by atoms with E-state index in [9.17, 15) is 0 Å². The van der Waals surface area contributed by atoms with E-state index in [-0.39, 0.29) is 11.0 Å². The molecule has 1 atom stereocenters. The molecule has 1 nitrogen and oxygen atoms in total. The average Bonchev–Trinajstić information content (AvgIpc) is 2.95. The highest BCUT2D eigenvalue weighted by Gasteiger charge is 2.44. The first-order valence-corrected chi connectivity index (χ1v) is 14.0. The van der Waals surface area contributed by atoms with Gasteiger partial charge in [-0.2, -0.15) is 0 Å². The van der Waals surface area contributed by atoms with Gasteiger partial charge in [-0.15, -0.1) is 0 Å². The summed E-state index contributed by atoms with van der Waals surface area (Å²) in [6.07, 6.45) is 1.01. The van der Waals surface area contributed by atoms with Gasteiger partial charge in [0.05, 0.1) is 5.41 Å². The summed E-state index contributed by atoms with van der Waals surface area (Å²) < 4.78 is 0. The molecule has 6 rings (SSSR count). The summed E-state index contributed by atoms with van der Waals surface area (Å²) in [6.45, 7) is 9.23. The Hall–Kier alpha value is -4.10. The van der Waals surface area contributed by atoms with Crippen molar-refractivity contribution in [2.24, 2.45) is 0 Å². The van der Waals surface area contributed by atoms with Crippen LogP contribution in [0.1, 0.15) is 66.1 Å². The molecule has 0 amide bonds. The molecule has 39 heavy (non-hydrogen) atoms. The highest BCUT2D eigenvalue weighted by molar-refractivity contribution is 5.68. The van der Waals surface area contributed by atoms with Crippen LogP contribution in [0.4, 0.5) is 5.69 Å². The third-order valence-corrected chi connectivity index (χ3v) is 8.62. The molecule has 0 spiro atoms. The monoisotopic (exact) mass is 507 g/mol. The normalized spacial score (nSPS) is 18.2. The second-order valence-electron chi connectivity index (χ2n) is 12.0. The van der Waals surface area contributed by atoms with Gasteiger partial charge in [0.1, 0.15) is 0 Å². The molecule has 5 aromatic rings. The first kappa shape index (κ1) is 25.2. The summed E-state index contributed by atoms with van der Waals surface area (Å²) >= 11 is 0. The Balaban J connectivity index is 1.68. The second-order valence-corrected chi connectivity index (χ2v) is 12.0. The largest absolute Gasteiger partial charge is 0.380 e. The molecule has 194 valence electrons. The molecule has 1 heterocycles. The van der Waals surface area contributed by atoms with Crippen LogP contribution in [0, 0.1) is 6.92 Å². The quantitative estimate of drug-likeness (QED) is 0.234.